The van der Waals surface area contributed by atoms with E-state index < -0.39 is 10.0 Å². The first kappa shape index (κ1) is 15.8. The second kappa shape index (κ2) is 6.43. The molecule has 2 rings (SSSR count). The standard InChI is InChI=1S/C14H21ClN2O2S/c1-3-17(10-12-6-5-9-16-12)20(18,19)14-8-4-7-13(15)11(14)2/h4,7-8,12,16H,3,5-6,9-10H2,1-2H3. The van der Waals surface area contributed by atoms with Gasteiger partial charge < -0.3 is 5.32 Å². The Hall–Kier alpha value is -0.620. The SMILES string of the molecule is CCN(CC1CCCN1)S(=O)(=O)c1cccc(Cl)c1C. The number of halogens is 1. The Bertz CT molecular complexity index is 569. The van der Waals surface area contributed by atoms with E-state index in [1.54, 1.807) is 25.1 Å². The molecule has 1 saturated heterocycles. The normalized spacial score (nSPS) is 19.7. The predicted octanol–water partition coefficient (Wildman–Crippen LogP) is 2.41. The zero-order valence-electron chi connectivity index (χ0n) is 11.9. The van der Waals surface area contributed by atoms with Crippen LogP contribution in [0.25, 0.3) is 0 Å². The maximum atomic E-state index is 12.8. The number of rotatable bonds is 5. The molecule has 1 aliphatic rings. The molecule has 4 nitrogen and oxygen atoms in total. The molecule has 1 aliphatic heterocycles. The Morgan fingerprint density at radius 1 is 1.45 bits per heavy atom. The summed E-state index contributed by atoms with van der Waals surface area (Å²) in [5.74, 6) is 0. The van der Waals surface area contributed by atoms with E-state index in [0.717, 1.165) is 19.4 Å². The van der Waals surface area contributed by atoms with E-state index in [1.165, 1.54) is 4.31 Å². The van der Waals surface area contributed by atoms with Gasteiger partial charge in [-0.2, -0.15) is 4.31 Å². The molecular weight excluding hydrogens is 296 g/mol. The molecule has 0 radical (unpaired) electrons. The molecule has 1 unspecified atom stereocenters. The van der Waals surface area contributed by atoms with Crippen LogP contribution in [0.5, 0.6) is 0 Å². The minimum Gasteiger partial charge on any atom is -0.313 e. The van der Waals surface area contributed by atoms with Gasteiger partial charge in [0.15, 0.2) is 0 Å². The number of sulfonamides is 1. The molecule has 1 N–H and O–H groups in total. The van der Waals surface area contributed by atoms with Crippen molar-refractivity contribution < 1.29 is 8.42 Å². The Kier molecular flexibility index (Phi) is 5.07. The molecule has 1 fully saturated rings. The summed E-state index contributed by atoms with van der Waals surface area (Å²) < 4.78 is 27.1. The van der Waals surface area contributed by atoms with Crippen molar-refractivity contribution in [2.24, 2.45) is 0 Å². The van der Waals surface area contributed by atoms with Gasteiger partial charge in [0.05, 0.1) is 4.90 Å². The largest absolute Gasteiger partial charge is 0.313 e. The fraction of sp³-hybridized carbons (Fsp3) is 0.571. The van der Waals surface area contributed by atoms with Crippen molar-refractivity contribution in [3.05, 3.63) is 28.8 Å². The highest BCUT2D eigenvalue weighted by atomic mass is 35.5. The lowest BCUT2D eigenvalue weighted by Crippen LogP contribution is -2.41. The topological polar surface area (TPSA) is 49.4 Å². The van der Waals surface area contributed by atoms with Gasteiger partial charge in [-0.1, -0.05) is 24.6 Å². The Balaban J connectivity index is 2.28. The van der Waals surface area contributed by atoms with E-state index in [0.29, 0.717) is 28.6 Å². The van der Waals surface area contributed by atoms with Crippen molar-refractivity contribution in [2.75, 3.05) is 19.6 Å². The molecule has 0 amide bonds. The van der Waals surface area contributed by atoms with Crippen LogP contribution < -0.4 is 5.32 Å². The lowest BCUT2D eigenvalue weighted by atomic mass is 10.2. The molecule has 0 aliphatic carbocycles. The van der Waals surface area contributed by atoms with Crippen LogP contribution in [-0.4, -0.2) is 38.4 Å². The second-order valence-corrected chi connectivity index (χ2v) is 7.43. The van der Waals surface area contributed by atoms with E-state index >= 15 is 0 Å². The molecule has 1 atom stereocenters. The van der Waals surface area contributed by atoms with Crippen LogP contribution in [0.3, 0.4) is 0 Å². The van der Waals surface area contributed by atoms with Gasteiger partial charge in [0.1, 0.15) is 0 Å². The molecular formula is C14H21ClN2O2S. The summed E-state index contributed by atoms with van der Waals surface area (Å²) in [5.41, 5.74) is 0.618. The van der Waals surface area contributed by atoms with Crippen LogP contribution in [0.2, 0.25) is 5.02 Å². The molecule has 1 heterocycles. The van der Waals surface area contributed by atoms with Crippen molar-refractivity contribution in [3.63, 3.8) is 0 Å². The zero-order valence-corrected chi connectivity index (χ0v) is 13.5. The van der Waals surface area contributed by atoms with Gasteiger partial charge >= 0.3 is 0 Å². The number of likely N-dealkylation sites (N-methyl/N-ethyl adjacent to an activating group) is 1. The summed E-state index contributed by atoms with van der Waals surface area (Å²) >= 11 is 6.04. The lowest BCUT2D eigenvalue weighted by molar-refractivity contribution is 0.382. The minimum absolute atomic E-state index is 0.254. The Morgan fingerprint density at radius 3 is 2.80 bits per heavy atom. The second-order valence-electron chi connectivity index (χ2n) is 5.11. The predicted molar refractivity (Wildman–Crippen MR) is 81.6 cm³/mol. The fourth-order valence-corrected chi connectivity index (χ4v) is 4.53. The van der Waals surface area contributed by atoms with Crippen molar-refractivity contribution in [1.82, 2.24) is 9.62 Å². The highest BCUT2D eigenvalue weighted by molar-refractivity contribution is 7.89. The lowest BCUT2D eigenvalue weighted by Gasteiger charge is -2.24. The third-order valence-electron chi connectivity index (χ3n) is 3.77. The first-order valence-electron chi connectivity index (χ1n) is 6.95. The van der Waals surface area contributed by atoms with Gasteiger partial charge in [0.2, 0.25) is 10.0 Å². The summed E-state index contributed by atoms with van der Waals surface area (Å²) in [4.78, 5) is 0.310. The number of hydrogen-bond acceptors (Lipinski definition) is 3. The molecule has 0 saturated carbocycles. The molecule has 1 aromatic carbocycles. The van der Waals surface area contributed by atoms with E-state index in [1.807, 2.05) is 6.92 Å². The average Bonchev–Trinajstić information content (AvgIpc) is 2.91. The van der Waals surface area contributed by atoms with Crippen LogP contribution >= 0.6 is 11.6 Å². The summed E-state index contributed by atoms with van der Waals surface area (Å²) in [6, 6.07) is 5.28. The first-order valence-corrected chi connectivity index (χ1v) is 8.77. The Labute approximate surface area is 126 Å². The van der Waals surface area contributed by atoms with Crippen molar-refractivity contribution in [1.29, 1.82) is 0 Å². The van der Waals surface area contributed by atoms with E-state index in [2.05, 4.69) is 5.32 Å². The smallest absolute Gasteiger partial charge is 0.243 e. The van der Waals surface area contributed by atoms with Crippen molar-refractivity contribution in [3.8, 4) is 0 Å². The first-order chi connectivity index (χ1) is 9.46. The number of nitrogens with zero attached hydrogens (tertiary/aromatic N) is 1. The van der Waals surface area contributed by atoms with Gasteiger partial charge in [0.25, 0.3) is 0 Å². The third kappa shape index (κ3) is 3.17. The number of hydrogen-bond donors (Lipinski definition) is 1. The van der Waals surface area contributed by atoms with Crippen molar-refractivity contribution >= 4 is 21.6 Å². The van der Waals surface area contributed by atoms with Gasteiger partial charge in [-0.3, -0.25) is 0 Å². The highest BCUT2D eigenvalue weighted by Gasteiger charge is 2.28. The number of nitrogens with one attached hydrogen (secondary N) is 1. The van der Waals surface area contributed by atoms with Gasteiger partial charge in [-0.05, 0) is 44.0 Å². The number of benzene rings is 1. The third-order valence-corrected chi connectivity index (χ3v) is 6.27. The summed E-state index contributed by atoms with van der Waals surface area (Å²) in [5, 5.41) is 3.83. The van der Waals surface area contributed by atoms with Crippen LogP contribution in [0, 0.1) is 6.92 Å². The summed E-state index contributed by atoms with van der Waals surface area (Å²) in [6.07, 6.45) is 2.14. The summed E-state index contributed by atoms with van der Waals surface area (Å²) in [7, 11) is -3.48. The van der Waals surface area contributed by atoms with Crippen LogP contribution in [-0.2, 0) is 10.0 Å². The van der Waals surface area contributed by atoms with Gasteiger partial charge in [-0.15, -0.1) is 0 Å². The molecule has 20 heavy (non-hydrogen) atoms. The quantitative estimate of drug-likeness (QED) is 0.907. The molecule has 112 valence electrons. The molecule has 0 spiro atoms. The van der Waals surface area contributed by atoms with Gasteiger partial charge in [-0.25, -0.2) is 8.42 Å². The van der Waals surface area contributed by atoms with E-state index in [4.69, 9.17) is 11.6 Å². The van der Waals surface area contributed by atoms with Crippen molar-refractivity contribution in [2.45, 2.75) is 37.6 Å². The molecule has 6 heteroatoms. The van der Waals surface area contributed by atoms with E-state index in [9.17, 15) is 8.42 Å². The summed E-state index contributed by atoms with van der Waals surface area (Å²) in [6.45, 7) is 5.57. The van der Waals surface area contributed by atoms with Crippen LogP contribution in [0.4, 0.5) is 0 Å². The highest BCUT2D eigenvalue weighted by Crippen LogP contribution is 2.26. The van der Waals surface area contributed by atoms with Gasteiger partial charge in [0, 0.05) is 24.2 Å². The maximum absolute atomic E-state index is 12.8. The minimum atomic E-state index is -3.48. The van der Waals surface area contributed by atoms with Crippen LogP contribution in [0.1, 0.15) is 25.3 Å². The average molecular weight is 317 g/mol. The molecule has 0 aromatic heterocycles. The zero-order chi connectivity index (χ0) is 14.8. The molecule has 1 aromatic rings. The fourth-order valence-electron chi connectivity index (χ4n) is 2.56. The molecule has 0 bridgehead atoms. The maximum Gasteiger partial charge on any atom is 0.243 e. The Morgan fingerprint density at radius 2 is 2.20 bits per heavy atom. The monoisotopic (exact) mass is 316 g/mol. The van der Waals surface area contributed by atoms with Crippen LogP contribution in [0.15, 0.2) is 23.1 Å². The van der Waals surface area contributed by atoms with E-state index in [-0.39, 0.29) is 6.04 Å².